The van der Waals surface area contributed by atoms with Gasteiger partial charge in [-0.2, -0.15) is 0 Å². The highest BCUT2D eigenvalue weighted by Gasteiger charge is 2.19. The van der Waals surface area contributed by atoms with Crippen molar-refractivity contribution in [3.63, 3.8) is 0 Å². The van der Waals surface area contributed by atoms with E-state index in [2.05, 4.69) is 9.88 Å². The molecule has 1 fully saturated rings. The van der Waals surface area contributed by atoms with Gasteiger partial charge in [0.2, 0.25) is 0 Å². The number of likely N-dealkylation sites (tertiary alicyclic amines) is 1. The Morgan fingerprint density at radius 2 is 1.78 bits per heavy atom. The molecule has 0 radical (unpaired) electrons. The number of hydrogen-bond acceptors (Lipinski definition) is 4. The standard InChI is InChI=1S/C21H28N4O2/c1-15(2)25-14-23-19(21(22)27)20(25)17-8-6-16(7-9-17)18(26)10-13-24-11-4-3-5-12-24/h6-9,14-15H,3-5,10-13H2,1-2H3,(H2,22,27). The summed E-state index contributed by atoms with van der Waals surface area (Å²) in [4.78, 5) is 30.8. The number of nitrogens with zero attached hydrogens (tertiary/aromatic N) is 3. The Kier molecular flexibility index (Phi) is 6.06. The van der Waals surface area contributed by atoms with Crippen molar-refractivity contribution in [2.75, 3.05) is 19.6 Å². The summed E-state index contributed by atoms with van der Waals surface area (Å²) in [6.07, 6.45) is 5.93. The van der Waals surface area contributed by atoms with E-state index in [4.69, 9.17) is 5.73 Å². The summed E-state index contributed by atoms with van der Waals surface area (Å²) in [5.74, 6) is -0.398. The average molecular weight is 368 g/mol. The lowest BCUT2D eigenvalue weighted by molar-refractivity contribution is 0.0957. The van der Waals surface area contributed by atoms with E-state index >= 15 is 0 Å². The number of ketones is 1. The van der Waals surface area contributed by atoms with Crippen LogP contribution >= 0.6 is 0 Å². The van der Waals surface area contributed by atoms with E-state index in [1.807, 2.05) is 42.7 Å². The summed E-state index contributed by atoms with van der Waals surface area (Å²) < 4.78 is 1.92. The zero-order valence-corrected chi connectivity index (χ0v) is 16.1. The highest BCUT2D eigenvalue weighted by molar-refractivity contribution is 5.98. The van der Waals surface area contributed by atoms with Crippen molar-refractivity contribution >= 4 is 11.7 Å². The van der Waals surface area contributed by atoms with E-state index in [1.165, 1.54) is 19.3 Å². The van der Waals surface area contributed by atoms with E-state index in [0.717, 1.165) is 25.2 Å². The number of imidazole rings is 1. The van der Waals surface area contributed by atoms with E-state index in [-0.39, 0.29) is 17.5 Å². The van der Waals surface area contributed by atoms with Crippen LogP contribution in [0.15, 0.2) is 30.6 Å². The highest BCUT2D eigenvalue weighted by atomic mass is 16.1. The third-order valence-corrected chi connectivity index (χ3v) is 5.17. The molecular weight excluding hydrogens is 340 g/mol. The zero-order valence-electron chi connectivity index (χ0n) is 16.1. The Bertz CT molecular complexity index is 802. The molecule has 1 aliphatic heterocycles. The molecule has 0 aliphatic carbocycles. The molecule has 3 rings (SSSR count). The van der Waals surface area contributed by atoms with Gasteiger partial charge < -0.3 is 15.2 Å². The molecule has 0 unspecified atom stereocenters. The molecule has 0 saturated carbocycles. The van der Waals surface area contributed by atoms with Crippen molar-refractivity contribution in [2.45, 2.75) is 45.6 Å². The van der Waals surface area contributed by atoms with Crippen molar-refractivity contribution in [3.05, 3.63) is 41.9 Å². The molecule has 0 atom stereocenters. The van der Waals surface area contributed by atoms with E-state index in [1.54, 1.807) is 6.33 Å². The number of carbonyl (C=O) groups is 2. The molecule has 6 heteroatoms. The third-order valence-electron chi connectivity index (χ3n) is 5.17. The van der Waals surface area contributed by atoms with Crippen LogP contribution in [0, 0.1) is 0 Å². The normalized spacial score (nSPS) is 15.2. The summed E-state index contributed by atoms with van der Waals surface area (Å²) in [6, 6.07) is 7.55. The molecule has 6 nitrogen and oxygen atoms in total. The Morgan fingerprint density at radius 1 is 1.11 bits per heavy atom. The van der Waals surface area contributed by atoms with Gasteiger partial charge >= 0.3 is 0 Å². The molecule has 1 saturated heterocycles. The van der Waals surface area contributed by atoms with Crippen LogP contribution in [-0.2, 0) is 0 Å². The van der Waals surface area contributed by atoms with Crippen molar-refractivity contribution in [1.82, 2.24) is 14.5 Å². The summed E-state index contributed by atoms with van der Waals surface area (Å²) in [5, 5.41) is 0. The fourth-order valence-electron chi connectivity index (χ4n) is 3.62. The van der Waals surface area contributed by atoms with Gasteiger partial charge in [-0.15, -0.1) is 0 Å². The predicted octanol–water partition coefficient (Wildman–Crippen LogP) is 3.29. The van der Waals surface area contributed by atoms with Crippen LogP contribution in [0.25, 0.3) is 11.3 Å². The number of primary amides is 1. The van der Waals surface area contributed by atoms with Gasteiger partial charge in [-0.05, 0) is 39.8 Å². The SMILES string of the molecule is CC(C)n1cnc(C(N)=O)c1-c1ccc(C(=O)CCN2CCCCC2)cc1. The summed E-state index contributed by atoms with van der Waals surface area (Å²) in [6.45, 7) is 7.07. The van der Waals surface area contributed by atoms with Gasteiger partial charge in [0.25, 0.3) is 5.91 Å². The summed E-state index contributed by atoms with van der Waals surface area (Å²) >= 11 is 0. The zero-order chi connectivity index (χ0) is 19.4. The second kappa shape index (κ2) is 8.48. The molecule has 0 spiro atoms. The molecule has 1 aliphatic rings. The molecular formula is C21H28N4O2. The lowest BCUT2D eigenvalue weighted by Gasteiger charge is -2.25. The number of piperidine rings is 1. The number of Topliss-reactive ketones (excluding diaryl/α,β-unsaturated/α-hetero) is 1. The number of hydrogen-bond donors (Lipinski definition) is 1. The minimum Gasteiger partial charge on any atom is -0.364 e. The predicted molar refractivity (Wildman–Crippen MR) is 106 cm³/mol. The van der Waals surface area contributed by atoms with E-state index in [0.29, 0.717) is 17.7 Å². The number of nitrogens with two attached hydrogens (primary N) is 1. The topological polar surface area (TPSA) is 81.2 Å². The van der Waals surface area contributed by atoms with Gasteiger partial charge in [0, 0.05) is 30.1 Å². The first kappa shape index (κ1) is 19.3. The molecule has 1 aromatic carbocycles. The molecule has 2 aromatic rings. The first-order valence-corrected chi connectivity index (χ1v) is 9.70. The number of amides is 1. The van der Waals surface area contributed by atoms with Crippen molar-refractivity contribution < 1.29 is 9.59 Å². The second-order valence-electron chi connectivity index (χ2n) is 7.46. The molecule has 144 valence electrons. The van der Waals surface area contributed by atoms with Crippen molar-refractivity contribution in [2.24, 2.45) is 5.73 Å². The van der Waals surface area contributed by atoms with Gasteiger partial charge in [0.1, 0.15) is 0 Å². The minimum atomic E-state index is -0.550. The third kappa shape index (κ3) is 4.45. The fraction of sp³-hybridized carbons (Fsp3) is 0.476. The Labute approximate surface area is 160 Å². The Morgan fingerprint density at radius 3 is 2.37 bits per heavy atom. The van der Waals surface area contributed by atoms with E-state index < -0.39 is 5.91 Å². The van der Waals surface area contributed by atoms with Gasteiger partial charge in [-0.3, -0.25) is 9.59 Å². The maximum atomic E-state index is 12.5. The molecule has 2 N–H and O–H groups in total. The van der Waals surface area contributed by atoms with Crippen LogP contribution < -0.4 is 5.73 Å². The minimum absolute atomic E-state index is 0.145. The lowest BCUT2D eigenvalue weighted by atomic mass is 10.0. The number of benzene rings is 1. The van der Waals surface area contributed by atoms with Crippen LogP contribution in [0.2, 0.25) is 0 Å². The number of carbonyl (C=O) groups excluding carboxylic acids is 2. The van der Waals surface area contributed by atoms with Gasteiger partial charge in [-0.25, -0.2) is 4.98 Å². The number of aromatic nitrogens is 2. The summed E-state index contributed by atoms with van der Waals surface area (Å²) in [7, 11) is 0. The van der Waals surface area contributed by atoms with Crippen LogP contribution in [-0.4, -0.2) is 45.8 Å². The first-order chi connectivity index (χ1) is 13.0. The molecule has 2 heterocycles. The second-order valence-corrected chi connectivity index (χ2v) is 7.46. The van der Waals surface area contributed by atoms with Gasteiger partial charge in [-0.1, -0.05) is 30.7 Å². The maximum absolute atomic E-state index is 12.5. The van der Waals surface area contributed by atoms with Crippen molar-refractivity contribution in [3.8, 4) is 11.3 Å². The van der Waals surface area contributed by atoms with Gasteiger partial charge in [0.05, 0.1) is 12.0 Å². The van der Waals surface area contributed by atoms with Gasteiger partial charge in [0.15, 0.2) is 11.5 Å². The maximum Gasteiger partial charge on any atom is 0.269 e. The van der Waals surface area contributed by atoms with E-state index in [9.17, 15) is 9.59 Å². The van der Waals surface area contributed by atoms with Crippen LogP contribution in [0.4, 0.5) is 0 Å². The van der Waals surface area contributed by atoms with Crippen LogP contribution in [0.1, 0.15) is 66.4 Å². The lowest BCUT2D eigenvalue weighted by Crippen LogP contribution is -2.31. The van der Waals surface area contributed by atoms with Crippen LogP contribution in [0.5, 0.6) is 0 Å². The average Bonchev–Trinajstić information content (AvgIpc) is 3.13. The molecule has 1 aromatic heterocycles. The Balaban J connectivity index is 1.74. The Hall–Kier alpha value is -2.47. The smallest absolute Gasteiger partial charge is 0.269 e. The quantitative estimate of drug-likeness (QED) is 0.761. The largest absolute Gasteiger partial charge is 0.364 e. The molecule has 1 amide bonds. The first-order valence-electron chi connectivity index (χ1n) is 9.70. The highest BCUT2D eigenvalue weighted by Crippen LogP contribution is 2.27. The monoisotopic (exact) mass is 368 g/mol. The number of rotatable bonds is 7. The molecule has 27 heavy (non-hydrogen) atoms. The summed E-state index contributed by atoms with van der Waals surface area (Å²) in [5.41, 5.74) is 7.97. The molecule has 0 bridgehead atoms. The van der Waals surface area contributed by atoms with Crippen LogP contribution in [0.3, 0.4) is 0 Å². The van der Waals surface area contributed by atoms with Crippen molar-refractivity contribution in [1.29, 1.82) is 0 Å². The fourth-order valence-corrected chi connectivity index (χ4v) is 3.62.